The second-order valence-corrected chi connectivity index (χ2v) is 7.49. The summed E-state index contributed by atoms with van der Waals surface area (Å²) in [5.41, 5.74) is 2.22. The van der Waals surface area contributed by atoms with Gasteiger partial charge in [-0.2, -0.15) is 0 Å². The average molecular weight is 405 g/mol. The Morgan fingerprint density at radius 3 is 2.70 bits per heavy atom. The van der Waals surface area contributed by atoms with Gasteiger partial charge in [-0.15, -0.1) is 0 Å². The fourth-order valence-electron chi connectivity index (χ4n) is 3.88. The van der Waals surface area contributed by atoms with Gasteiger partial charge in [0.25, 0.3) is 5.91 Å². The highest BCUT2D eigenvalue weighted by molar-refractivity contribution is 5.84. The highest BCUT2D eigenvalue weighted by Gasteiger charge is 2.23. The third-order valence-electron chi connectivity index (χ3n) is 5.57. The summed E-state index contributed by atoms with van der Waals surface area (Å²) in [5, 5.41) is 1.18. The van der Waals surface area contributed by atoms with Crippen LogP contribution in [0.3, 0.4) is 0 Å². The van der Waals surface area contributed by atoms with Gasteiger partial charge in [0.05, 0.1) is 5.52 Å². The van der Waals surface area contributed by atoms with Crippen molar-refractivity contribution in [3.05, 3.63) is 54.1 Å². The summed E-state index contributed by atoms with van der Waals surface area (Å²) in [6.07, 6.45) is 0. The zero-order valence-corrected chi connectivity index (χ0v) is 16.8. The number of anilines is 1. The quantitative estimate of drug-likeness (QED) is 0.665. The Hall–Kier alpha value is -3.48. The van der Waals surface area contributed by atoms with Crippen molar-refractivity contribution in [2.45, 2.75) is 6.92 Å². The van der Waals surface area contributed by atoms with E-state index in [1.165, 1.54) is 10.9 Å². The number of hydrogen-bond donors (Lipinski definition) is 0. The van der Waals surface area contributed by atoms with Gasteiger partial charge in [0, 0.05) is 37.6 Å². The number of pyridine rings is 1. The number of piperazine rings is 1. The van der Waals surface area contributed by atoms with Crippen LogP contribution < -0.4 is 19.1 Å². The molecule has 1 fully saturated rings. The van der Waals surface area contributed by atoms with Crippen molar-refractivity contribution in [2.24, 2.45) is 0 Å². The topological polar surface area (TPSA) is 64.1 Å². The molecular weight excluding hydrogens is 382 g/mol. The number of para-hydroxylation sites is 1. The average Bonchev–Trinajstić information content (AvgIpc) is 3.25. The number of fused-ring (bicyclic) bond motifs is 2. The van der Waals surface area contributed by atoms with Gasteiger partial charge < -0.3 is 24.0 Å². The molecule has 1 aromatic heterocycles. The molecule has 3 heterocycles. The van der Waals surface area contributed by atoms with Crippen LogP contribution in [-0.4, -0.2) is 55.4 Å². The molecule has 2 aliphatic heterocycles. The van der Waals surface area contributed by atoms with Crippen LogP contribution in [0.15, 0.2) is 48.5 Å². The Bertz CT molecular complexity index is 1090. The van der Waals surface area contributed by atoms with Crippen molar-refractivity contribution in [1.82, 2.24) is 9.88 Å². The summed E-state index contributed by atoms with van der Waals surface area (Å²) >= 11 is 0. The summed E-state index contributed by atoms with van der Waals surface area (Å²) < 4.78 is 16.3. The molecule has 0 radical (unpaired) electrons. The van der Waals surface area contributed by atoms with Crippen LogP contribution in [0.25, 0.3) is 10.9 Å². The normalized spacial score (nSPS) is 15.5. The molecule has 0 unspecified atom stereocenters. The Morgan fingerprint density at radius 1 is 1.03 bits per heavy atom. The Morgan fingerprint density at radius 2 is 1.83 bits per heavy atom. The highest BCUT2D eigenvalue weighted by atomic mass is 16.7. The highest BCUT2D eigenvalue weighted by Crippen LogP contribution is 2.35. The summed E-state index contributed by atoms with van der Waals surface area (Å²) in [6, 6.07) is 15.6. The summed E-state index contributed by atoms with van der Waals surface area (Å²) in [5.74, 6) is 2.89. The van der Waals surface area contributed by atoms with E-state index in [0.29, 0.717) is 30.3 Å². The predicted octanol–water partition coefficient (Wildman–Crippen LogP) is 3.00. The molecule has 5 rings (SSSR count). The van der Waals surface area contributed by atoms with Crippen molar-refractivity contribution in [3.8, 4) is 17.2 Å². The van der Waals surface area contributed by atoms with Crippen molar-refractivity contribution >= 4 is 22.6 Å². The molecular formula is C23H23N3O4. The van der Waals surface area contributed by atoms with Crippen LogP contribution in [0.1, 0.15) is 5.56 Å². The number of benzene rings is 2. The number of hydrogen-bond acceptors (Lipinski definition) is 6. The molecule has 7 heteroatoms. The molecule has 30 heavy (non-hydrogen) atoms. The number of aryl methyl sites for hydroxylation is 1. The zero-order valence-electron chi connectivity index (χ0n) is 16.8. The third kappa shape index (κ3) is 3.58. The molecule has 7 nitrogen and oxygen atoms in total. The number of nitrogens with zero attached hydrogens (tertiary/aromatic N) is 3. The minimum Gasteiger partial charge on any atom is -0.484 e. The number of carbonyl (C=O) groups excluding carboxylic acids is 1. The van der Waals surface area contributed by atoms with E-state index in [0.717, 1.165) is 24.4 Å². The summed E-state index contributed by atoms with van der Waals surface area (Å²) in [7, 11) is 0. The molecule has 0 saturated carbocycles. The van der Waals surface area contributed by atoms with E-state index in [2.05, 4.69) is 24.0 Å². The fourth-order valence-corrected chi connectivity index (χ4v) is 3.88. The number of rotatable bonds is 4. The zero-order chi connectivity index (χ0) is 20.5. The van der Waals surface area contributed by atoms with Crippen molar-refractivity contribution in [2.75, 3.05) is 44.5 Å². The lowest BCUT2D eigenvalue weighted by Gasteiger charge is -2.35. The van der Waals surface area contributed by atoms with E-state index in [9.17, 15) is 4.79 Å². The van der Waals surface area contributed by atoms with Gasteiger partial charge in [0.15, 0.2) is 18.1 Å². The van der Waals surface area contributed by atoms with Crippen molar-refractivity contribution in [1.29, 1.82) is 0 Å². The first-order valence-corrected chi connectivity index (χ1v) is 10.1. The first-order valence-electron chi connectivity index (χ1n) is 10.1. The standard InChI is InChI=1S/C23H23N3O4/c1-16-12-22(24-19-5-3-2-4-18(16)19)25-8-10-26(11-9-25)23(27)14-28-17-6-7-20-21(13-17)30-15-29-20/h2-7,12-13H,8-11,14-15H2,1H3. The van der Waals surface area contributed by atoms with E-state index in [1.807, 2.05) is 23.1 Å². The Kier molecular flexibility index (Phi) is 4.78. The van der Waals surface area contributed by atoms with Gasteiger partial charge in [0.1, 0.15) is 11.6 Å². The van der Waals surface area contributed by atoms with Crippen LogP contribution in [0.2, 0.25) is 0 Å². The lowest BCUT2D eigenvalue weighted by Crippen LogP contribution is -2.50. The molecule has 2 aliphatic rings. The molecule has 1 saturated heterocycles. The first-order chi connectivity index (χ1) is 14.7. The largest absolute Gasteiger partial charge is 0.484 e. The van der Waals surface area contributed by atoms with E-state index in [4.69, 9.17) is 19.2 Å². The van der Waals surface area contributed by atoms with Crippen LogP contribution in [0.5, 0.6) is 17.2 Å². The molecule has 0 spiro atoms. The van der Waals surface area contributed by atoms with E-state index in [-0.39, 0.29) is 19.3 Å². The van der Waals surface area contributed by atoms with Crippen LogP contribution in [0, 0.1) is 6.92 Å². The van der Waals surface area contributed by atoms with Gasteiger partial charge >= 0.3 is 0 Å². The molecule has 2 aromatic carbocycles. The number of carbonyl (C=O) groups is 1. The second-order valence-electron chi connectivity index (χ2n) is 7.49. The minimum atomic E-state index is -0.0185. The van der Waals surface area contributed by atoms with Crippen LogP contribution >= 0.6 is 0 Å². The third-order valence-corrected chi connectivity index (χ3v) is 5.57. The molecule has 0 N–H and O–H groups in total. The maximum Gasteiger partial charge on any atom is 0.260 e. The molecule has 0 aliphatic carbocycles. The SMILES string of the molecule is Cc1cc(N2CCN(C(=O)COc3ccc4c(c3)OCO4)CC2)nc2ccccc12. The van der Waals surface area contributed by atoms with Gasteiger partial charge in [-0.05, 0) is 36.8 Å². The fraction of sp³-hybridized carbons (Fsp3) is 0.304. The maximum absolute atomic E-state index is 12.6. The van der Waals surface area contributed by atoms with Crippen molar-refractivity contribution < 1.29 is 19.0 Å². The molecule has 3 aromatic rings. The Labute approximate surface area is 174 Å². The Balaban J connectivity index is 1.18. The number of amides is 1. The van der Waals surface area contributed by atoms with Gasteiger partial charge in [-0.3, -0.25) is 4.79 Å². The molecule has 0 bridgehead atoms. The molecule has 0 atom stereocenters. The monoisotopic (exact) mass is 405 g/mol. The van der Waals surface area contributed by atoms with E-state index >= 15 is 0 Å². The van der Waals surface area contributed by atoms with Gasteiger partial charge in [0.2, 0.25) is 6.79 Å². The van der Waals surface area contributed by atoms with Crippen LogP contribution in [-0.2, 0) is 4.79 Å². The van der Waals surface area contributed by atoms with E-state index < -0.39 is 0 Å². The summed E-state index contributed by atoms with van der Waals surface area (Å²) in [6.45, 7) is 5.14. The molecule has 154 valence electrons. The number of aromatic nitrogens is 1. The smallest absolute Gasteiger partial charge is 0.260 e. The van der Waals surface area contributed by atoms with E-state index in [1.54, 1.807) is 18.2 Å². The lowest BCUT2D eigenvalue weighted by molar-refractivity contribution is -0.133. The summed E-state index contributed by atoms with van der Waals surface area (Å²) in [4.78, 5) is 21.5. The minimum absolute atomic E-state index is 0.00692. The van der Waals surface area contributed by atoms with Gasteiger partial charge in [-0.25, -0.2) is 4.98 Å². The maximum atomic E-state index is 12.6. The second kappa shape index (κ2) is 7.74. The first kappa shape index (κ1) is 18.5. The van der Waals surface area contributed by atoms with Crippen LogP contribution in [0.4, 0.5) is 5.82 Å². The predicted molar refractivity (Wildman–Crippen MR) is 113 cm³/mol. The lowest BCUT2D eigenvalue weighted by atomic mass is 10.1. The van der Waals surface area contributed by atoms with Crippen molar-refractivity contribution in [3.63, 3.8) is 0 Å². The molecule has 1 amide bonds. The number of ether oxygens (including phenoxy) is 3. The van der Waals surface area contributed by atoms with Gasteiger partial charge in [-0.1, -0.05) is 18.2 Å².